The molecule has 3 aromatic rings. The van der Waals surface area contributed by atoms with Gasteiger partial charge in [0.2, 0.25) is 17.6 Å². The summed E-state index contributed by atoms with van der Waals surface area (Å²) < 4.78 is 23.3. The highest BCUT2D eigenvalue weighted by atomic mass is 19.1. The summed E-state index contributed by atoms with van der Waals surface area (Å²) >= 11 is 0. The van der Waals surface area contributed by atoms with E-state index in [4.69, 9.17) is 9.26 Å². The van der Waals surface area contributed by atoms with Gasteiger partial charge in [-0.05, 0) is 48.9 Å². The second-order valence-corrected chi connectivity index (χ2v) is 5.78. The quantitative estimate of drug-likeness (QED) is 0.734. The fraction of sp³-hybridized carbons (Fsp3) is 0.211. The summed E-state index contributed by atoms with van der Waals surface area (Å²) in [5.41, 5.74) is 1.51. The van der Waals surface area contributed by atoms with Crippen molar-refractivity contribution in [2.75, 3.05) is 7.11 Å². The Labute approximate surface area is 150 Å². The Morgan fingerprint density at radius 1 is 1.19 bits per heavy atom. The van der Waals surface area contributed by atoms with E-state index in [-0.39, 0.29) is 18.1 Å². The summed E-state index contributed by atoms with van der Waals surface area (Å²) in [6.45, 7) is 1.76. The van der Waals surface area contributed by atoms with Crippen LogP contribution in [0.3, 0.4) is 0 Å². The van der Waals surface area contributed by atoms with Gasteiger partial charge in [0.05, 0.1) is 13.5 Å². The number of nitrogens with one attached hydrogen (secondary N) is 1. The van der Waals surface area contributed by atoms with Crippen LogP contribution in [0, 0.1) is 5.82 Å². The highest BCUT2D eigenvalue weighted by molar-refractivity contribution is 5.78. The molecule has 0 bridgehead atoms. The predicted molar refractivity (Wildman–Crippen MR) is 92.9 cm³/mol. The van der Waals surface area contributed by atoms with Crippen LogP contribution in [0.2, 0.25) is 0 Å². The van der Waals surface area contributed by atoms with Crippen LogP contribution >= 0.6 is 0 Å². The molecular formula is C19H18FN3O3. The van der Waals surface area contributed by atoms with Gasteiger partial charge < -0.3 is 14.6 Å². The SMILES string of the molecule is COc1ccc(-c2noc([C@@H](C)NC(=O)Cc3ccc(F)cc3)n2)cc1. The van der Waals surface area contributed by atoms with E-state index in [1.165, 1.54) is 12.1 Å². The van der Waals surface area contributed by atoms with Gasteiger partial charge in [-0.2, -0.15) is 4.98 Å². The van der Waals surface area contributed by atoms with E-state index < -0.39 is 6.04 Å². The van der Waals surface area contributed by atoms with E-state index in [2.05, 4.69) is 15.5 Å². The van der Waals surface area contributed by atoms with Crippen LogP contribution in [0.5, 0.6) is 5.75 Å². The van der Waals surface area contributed by atoms with Gasteiger partial charge in [0.15, 0.2) is 0 Å². The summed E-state index contributed by atoms with van der Waals surface area (Å²) in [4.78, 5) is 16.4. The first-order valence-corrected chi connectivity index (χ1v) is 8.07. The lowest BCUT2D eigenvalue weighted by Gasteiger charge is -2.09. The number of carbonyl (C=O) groups excluding carboxylic acids is 1. The van der Waals surface area contributed by atoms with Crippen molar-refractivity contribution >= 4 is 5.91 Å². The van der Waals surface area contributed by atoms with Crippen molar-refractivity contribution in [1.82, 2.24) is 15.5 Å². The van der Waals surface area contributed by atoms with E-state index in [0.717, 1.165) is 16.9 Å². The Kier molecular flexibility index (Phi) is 5.26. The monoisotopic (exact) mass is 355 g/mol. The minimum atomic E-state index is -0.442. The number of ether oxygens (including phenoxy) is 1. The van der Waals surface area contributed by atoms with Gasteiger partial charge in [-0.15, -0.1) is 0 Å². The highest BCUT2D eigenvalue weighted by Crippen LogP contribution is 2.21. The first-order valence-electron chi connectivity index (χ1n) is 8.07. The van der Waals surface area contributed by atoms with Gasteiger partial charge in [0.1, 0.15) is 17.6 Å². The Balaban J connectivity index is 1.62. The molecule has 0 unspecified atom stereocenters. The lowest BCUT2D eigenvalue weighted by Crippen LogP contribution is -2.28. The number of amides is 1. The molecule has 1 heterocycles. The summed E-state index contributed by atoms with van der Waals surface area (Å²) in [6.07, 6.45) is 0.143. The molecule has 0 spiro atoms. The van der Waals surface area contributed by atoms with Crippen LogP contribution in [-0.4, -0.2) is 23.2 Å². The van der Waals surface area contributed by atoms with Gasteiger partial charge in [0, 0.05) is 5.56 Å². The number of carbonyl (C=O) groups is 1. The molecule has 0 aliphatic heterocycles. The van der Waals surface area contributed by atoms with Crippen LogP contribution in [-0.2, 0) is 11.2 Å². The Morgan fingerprint density at radius 2 is 1.88 bits per heavy atom. The van der Waals surface area contributed by atoms with Crippen molar-refractivity contribution in [2.24, 2.45) is 0 Å². The maximum absolute atomic E-state index is 12.9. The van der Waals surface area contributed by atoms with E-state index >= 15 is 0 Å². The fourth-order valence-corrected chi connectivity index (χ4v) is 2.41. The number of hydrogen-bond acceptors (Lipinski definition) is 5. The van der Waals surface area contributed by atoms with Crippen LogP contribution in [0.4, 0.5) is 4.39 Å². The van der Waals surface area contributed by atoms with Crippen molar-refractivity contribution in [1.29, 1.82) is 0 Å². The molecule has 1 amide bonds. The minimum Gasteiger partial charge on any atom is -0.497 e. The third-order valence-corrected chi connectivity index (χ3v) is 3.82. The molecule has 134 valence electrons. The summed E-state index contributed by atoms with van der Waals surface area (Å²) in [5.74, 6) is 0.928. The molecule has 3 rings (SSSR count). The standard InChI is InChI=1S/C19H18FN3O3/c1-12(21-17(24)11-13-3-7-15(20)8-4-13)19-22-18(23-26-19)14-5-9-16(25-2)10-6-14/h3-10,12H,11H2,1-2H3,(H,21,24)/t12-/m1/s1. The third-order valence-electron chi connectivity index (χ3n) is 3.82. The Morgan fingerprint density at radius 3 is 2.54 bits per heavy atom. The fourth-order valence-electron chi connectivity index (χ4n) is 2.41. The first kappa shape index (κ1) is 17.6. The number of benzene rings is 2. The highest BCUT2D eigenvalue weighted by Gasteiger charge is 2.17. The lowest BCUT2D eigenvalue weighted by molar-refractivity contribution is -0.121. The van der Waals surface area contributed by atoms with E-state index in [0.29, 0.717) is 11.7 Å². The first-order chi connectivity index (χ1) is 12.5. The second kappa shape index (κ2) is 7.77. The maximum Gasteiger partial charge on any atom is 0.249 e. The van der Waals surface area contributed by atoms with Crippen LogP contribution in [0.25, 0.3) is 11.4 Å². The van der Waals surface area contributed by atoms with Gasteiger partial charge in [-0.1, -0.05) is 17.3 Å². The van der Waals surface area contributed by atoms with E-state index in [1.807, 2.05) is 12.1 Å². The summed E-state index contributed by atoms with van der Waals surface area (Å²) in [5, 5.41) is 6.74. The van der Waals surface area contributed by atoms with Crippen LogP contribution in [0.15, 0.2) is 53.1 Å². The van der Waals surface area contributed by atoms with Gasteiger partial charge >= 0.3 is 0 Å². The zero-order valence-electron chi connectivity index (χ0n) is 14.4. The topological polar surface area (TPSA) is 77.3 Å². The van der Waals surface area contributed by atoms with Crippen LogP contribution < -0.4 is 10.1 Å². The number of methoxy groups -OCH3 is 1. The largest absolute Gasteiger partial charge is 0.497 e. The molecule has 6 nitrogen and oxygen atoms in total. The second-order valence-electron chi connectivity index (χ2n) is 5.78. The molecule has 0 saturated carbocycles. The van der Waals surface area contributed by atoms with Crippen LogP contribution in [0.1, 0.15) is 24.4 Å². The van der Waals surface area contributed by atoms with E-state index in [9.17, 15) is 9.18 Å². The number of aromatic nitrogens is 2. The van der Waals surface area contributed by atoms with Gasteiger partial charge in [-0.25, -0.2) is 4.39 Å². The van der Waals surface area contributed by atoms with Crippen molar-refractivity contribution < 1.29 is 18.4 Å². The van der Waals surface area contributed by atoms with Gasteiger partial charge in [0.25, 0.3) is 0 Å². The minimum absolute atomic E-state index is 0.143. The van der Waals surface area contributed by atoms with Crippen molar-refractivity contribution in [3.8, 4) is 17.1 Å². The molecule has 7 heteroatoms. The van der Waals surface area contributed by atoms with Crippen molar-refractivity contribution in [3.63, 3.8) is 0 Å². The smallest absolute Gasteiger partial charge is 0.249 e. The van der Waals surface area contributed by atoms with Gasteiger partial charge in [-0.3, -0.25) is 4.79 Å². The molecule has 2 aromatic carbocycles. The predicted octanol–water partition coefficient (Wildman–Crippen LogP) is 3.30. The number of hydrogen-bond donors (Lipinski definition) is 1. The molecule has 0 saturated heterocycles. The Bertz CT molecular complexity index is 876. The molecule has 0 aliphatic carbocycles. The zero-order valence-corrected chi connectivity index (χ0v) is 14.4. The summed E-state index contributed by atoms with van der Waals surface area (Å²) in [6, 6.07) is 12.6. The average molecular weight is 355 g/mol. The molecule has 1 N–H and O–H groups in total. The van der Waals surface area contributed by atoms with Crippen molar-refractivity contribution in [2.45, 2.75) is 19.4 Å². The lowest BCUT2D eigenvalue weighted by atomic mass is 10.1. The van der Waals surface area contributed by atoms with E-state index in [1.54, 1.807) is 38.3 Å². The average Bonchev–Trinajstić information content (AvgIpc) is 3.14. The molecular weight excluding hydrogens is 337 g/mol. The molecule has 26 heavy (non-hydrogen) atoms. The molecule has 1 atom stereocenters. The molecule has 0 aliphatic rings. The molecule has 1 aromatic heterocycles. The number of rotatable bonds is 6. The molecule has 0 fully saturated rings. The number of nitrogens with zero attached hydrogens (tertiary/aromatic N) is 2. The third kappa shape index (κ3) is 4.24. The normalized spacial score (nSPS) is 11.8. The summed E-state index contributed by atoms with van der Waals surface area (Å²) in [7, 11) is 1.60. The molecule has 0 radical (unpaired) electrons. The maximum atomic E-state index is 12.9. The number of halogens is 1. The Hall–Kier alpha value is -3.22. The van der Waals surface area contributed by atoms with Crippen molar-refractivity contribution in [3.05, 3.63) is 65.8 Å². The zero-order chi connectivity index (χ0) is 18.5.